The highest BCUT2D eigenvalue weighted by Gasteiger charge is 2.38. The Morgan fingerprint density at radius 3 is 1.95 bits per heavy atom. The molecule has 0 N–H and O–H groups in total. The summed E-state index contributed by atoms with van der Waals surface area (Å²) in [6, 6.07) is 10.8. The maximum atomic E-state index is 13.3. The number of carbonyl (C=O) groups is 1. The Balaban J connectivity index is 1.53. The van der Waals surface area contributed by atoms with Crippen molar-refractivity contribution in [3.63, 3.8) is 0 Å². The van der Waals surface area contributed by atoms with Crippen LogP contribution < -0.4 is 0 Å². The molecule has 38 heavy (non-hydrogen) atoms. The molecule has 0 aromatic heterocycles. The maximum Gasteiger partial charge on any atom is 0.416 e. The van der Waals surface area contributed by atoms with E-state index in [0.717, 1.165) is 44.6 Å². The Morgan fingerprint density at radius 2 is 1.42 bits per heavy atom. The molecule has 10 heteroatoms. The molecule has 1 unspecified atom stereocenters. The van der Waals surface area contributed by atoms with Crippen molar-refractivity contribution in [3.8, 4) is 0 Å². The number of nitrogens with zero attached hydrogens (tertiary/aromatic N) is 3. The molecule has 4 nitrogen and oxygen atoms in total. The number of benzene rings is 2. The topological polar surface area (TPSA) is 26.8 Å². The average molecular weight is 542 g/mol. The molecule has 2 fully saturated rings. The zero-order valence-electron chi connectivity index (χ0n) is 21.4. The number of piperidine rings is 2. The second-order valence-corrected chi connectivity index (χ2v) is 10.3. The highest BCUT2D eigenvalue weighted by Crippen LogP contribution is 2.37. The number of amides is 1. The number of rotatable bonds is 6. The second-order valence-electron chi connectivity index (χ2n) is 10.3. The van der Waals surface area contributed by atoms with Crippen LogP contribution in [0.1, 0.15) is 65.2 Å². The lowest BCUT2D eigenvalue weighted by molar-refractivity contribution is -0.143. The number of carbonyl (C=O) groups excluding carboxylic acids is 1. The van der Waals surface area contributed by atoms with E-state index in [1.165, 1.54) is 31.2 Å². The Bertz CT molecular complexity index is 1040. The van der Waals surface area contributed by atoms with Crippen LogP contribution in [0.5, 0.6) is 0 Å². The van der Waals surface area contributed by atoms with Crippen molar-refractivity contribution < 1.29 is 31.1 Å². The van der Waals surface area contributed by atoms with Gasteiger partial charge in [0.2, 0.25) is 0 Å². The minimum absolute atomic E-state index is 0.0377. The lowest BCUT2D eigenvalue weighted by Gasteiger charge is -2.43. The van der Waals surface area contributed by atoms with Crippen molar-refractivity contribution in [1.29, 1.82) is 0 Å². The normalized spacial score (nSPS) is 19.3. The SMILES string of the molecule is CN(CC(c1ccccc1)N1CCC(N2CCCCC2)CC1)C(=O)c1cc(C(F)(F)F)cc(C(F)(F)F)c1. The Hall–Kier alpha value is -2.59. The maximum absolute atomic E-state index is 13.3. The van der Waals surface area contributed by atoms with Crippen molar-refractivity contribution in [2.45, 2.75) is 56.5 Å². The van der Waals surface area contributed by atoms with E-state index in [2.05, 4.69) is 9.80 Å². The summed E-state index contributed by atoms with van der Waals surface area (Å²) in [5.74, 6) is -0.884. The first kappa shape index (κ1) is 28.4. The number of likely N-dealkylation sites (tertiary alicyclic amines) is 2. The van der Waals surface area contributed by atoms with E-state index < -0.39 is 35.0 Å². The van der Waals surface area contributed by atoms with Gasteiger partial charge in [0.1, 0.15) is 0 Å². The number of alkyl halides is 6. The van der Waals surface area contributed by atoms with Crippen LogP contribution in [0.15, 0.2) is 48.5 Å². The summed E-state index contributed by atoms with van der Waals surface area (Å²) < 4.78 is 80.0. The minimum Gasteiger partial charge on any atom is -0.340 e. The quantitative estimate of drug-likeness (QED) is 0.392. The van der Waals surface area contributed by atoms with Crippen LogP contribution in [0, 0.1) is 0 Å². The molecule has 0 spiro atoms. The summed E-state index contributed by atoms with van der Waals surface area (Å²) in [5.41, 5.74) is -2.68. The van der Waals surface area contributed by atoms with E-state index in [4.69, 9.17) is 0 Å². The van der Waals surface area contributed by atoms with E-state index >= 15 is 0 Å². The van der Waals surface area contributed by atoms with E-state index in [-0.39, 0.29) is 18.7 Å². The fraction of sp³-hybridized carbons (Fsp3) is 0.536. The lowest BCUT2D eigenvalue weighted by atomic mass is 9.96. The first-order chi connectivity index (χ1) is 17.9. The van der Waals surface area contributed by atoms with Crippen LogP contribution in [0.3, 0.4) is 0 Å². The van der Waals surface area contributed by atoms with Gasteiger partial charge in [0.05, 0.1) is 17.2 Å². The van der Waals surface area contributed by atoms with Gasteiger partial charge in [0, 0.05) is 38.3 Å². The molecule has 4 rings (SSSR count). The Morgan fingerprint density at radius 1 is 0.868 bits per heavy atom. The predicted molar refractivity (Wildman–Crippen MR) is 133 cm³/mol. The van der Waals surface area contributed by atoms with E-state index in [1.807, 2.05) is 30.3 Å². The van der Waals surface area contributed by atoms with Gasteiger partial charge in [-0.2, -0.15) is 26.3 Å². The zero-order valence-corrected chi connectivity index (χ0v) is 21.4. The van der Waals surface area contributed by atoms with Crippen LogP contribution in [-0.4, -0.2) is 66.4 Å². The highest BCUT2D eigenvalue weighted by molar-refractivity contribution is 5.94. The van der Waals surface area contributed by atoms with Crippen LogP contribution in [0.2, 0.25) is 0 Å². The van der Waals surface area contributed by atoms with Crippen molar-refractivity contribution in [3.05, 3.63) is 70.8 Å². The number of hydrogen-bond acceptors (Lipinski definition) is 3. The van der Waals surface area contributed by atoms with E-state index in [9.17, 15) is 31.1 Å². The number of halogens is 6. The Kier molecular flexibility index (Phi) is 8.72. The molecule has 2 aliphatic rings. The van der Waals surface area contributed by atoms with Crippen molar-refractivity contribution in [2.24, 2.45) is 0 Å². The highest BCUT2D eigenvalue weighted by atomic mass is 19.4. The van der Waals surface area contributed by atoms with Crippen molar-refractivity contribution >= 4 is 5.91 Å². The standard InChI is InChI=1S/C28H33F6N3O/c1-35(26(38)21-16-22(27(29,30)31)18-23(17-21)28(32,33)34)19-25(20-8-4-2-5-9-20)37-14-10-24(11-15-37)36-12-6-3-7-13-36/h2,4-5,8-9,16-18,24-25H,3,6-7,10-15,19H2,1H3. The van der Waals surface area contributed by atoms with Gasteiger partial charge in [-0.15, -0.1) is 0 Å². The lowest BCUT2D eigenvalue weighted by Crippen LogP contribution is -2.49. The van der Waals surface area contributed by atoms with Crippen LogP contribution in [0.25, 0.3) is 0 Å². The van der Waals surface area contributed by atoms with Gasteiger partial charge in [0.25, 0.3) is 5.91 Å². The molecule has 208 valence electrons. The third kappa shape index (κ3) is 6.88. The third-order valence-electron chi connectivity index (χ3n) is 7.66. The van der Waals surface area contributed by atoms with Gasteiger partial charge in [0.15, 0.2) is 0 Å². The molecular weight excluding hydrogens is 508 g/mol. The van der Waals surface area contributed by atoms with Crippen LogP contribution in [0.4, 0.5) is 26.3 Å². The van der Waals surface area contributed by atoms with E-state index in [0.29, 0.717) is 18.2 Å². The number of likely N-dealkylation sites (N-methyl/N-ethyl adjacent to an activating group) is 1. The van der Waals surface area contributed by atoms with Gasteiger partial charge >= 0.3 is 12.4 Å². The van der Waals surface area contributed by atoms with Crippen LogP contribution >= 0.6 is 0 Å². The van der Waals surface area contributed by atoms with Crippen molar-refractivity contribution in [1.82, 2.24) is 14.7 Å². The second kappa shape index (κ2) is 11.7. The van der Waals surface area contributed by atoms with Gasteiger partial charge < -0.3 is 9.80 Å². The molecule has 2 aliphatic heterocycles. The van der Waals surface area contributed by atoms with Gasteiger partial charge in [-0.1, -0.05) is 36.8 Å². The fourth-order valence-corrected chi connectivity index (χ4v) is 5.59. The molecule has 1 amide bonds. The molecule has 2 heterocycles. The molecule has 1 atom stereocenters. The van der Waals surface area contributed by atoms with Gasteiger partial charge in [-0.05, 0) is 62.5 Å². The summed E-state index contributed by atoms with van der Waals surface area (Å²) in [6.07, 6.45) is -4.38. The first-order valence-electron chi connectivity index (χ1n) is 13.0. The third-order valence-corrected chi connectivity index (χ3v) is 7.66. The molecule has 0 bridgehead atoms. The molecule has 2 aromatic rings. The fourth-order valence-electron chi connectivity index (χ4n) is 5.59. The summed E-state index contributed by atoms with van der Waals surface area (Å²) in [4.78, 5) is 19.2. The first-order valence-corrected chi connectivity index (χ1v) is 13.0. The summed E-state index contributed by atoms with van der Waals surface area (Å²) >= 11 is 0. The molecule has 2 saturated heterocycles. The molecule has 2 aromatic carbocycles. The minimum atomic E-state index is -5.01. The van der Waals surface area contributed by atoms with Crippen LogP contribution in [-0.2, 0) is 12.4 Å². The molecule has 0 aliphatic carbocycles. The molecule has 0 radical (unpaired) electrons. The number of hydrogen-bond donors (Lipinski definition) is 0. The Labute approximate surface area is 219 Å². The molecular formula is C28H33F6N3O. The average Bonchev–Trinajstić information content (AvgIpc) is 2.91. The molecule has 0 saturated carbocycles. The van der Waals surface area contributed by atoms with Gasteiger partial charge in [-0.25, -0.2) is 0 Å². The van der Waals surface area contributed by atoms with Gasteiger partial charge in [-0.3, -0.25) is 9.69 Å². The van der Waals surface area contributed by atoms with Crippen molar-refractivity contribution in [2.75, 3.05) is 39.8 Å². The largest absolute Gasteiger partial charge is 0.416 e. The summed E-state index contributed by atoms with van der Waals surface area (Å²) in [5, 5.41) is 0. The predicted octanol–water partition coefficient (Wildman–Crippen LogP) is 6.49. The monoisotopic (exact) mass is 541 g/mol. The summed E-state index contributed by atoms with van der Waals surface area (Å²) in [7, 11) is 1.42. The smallest absolute Gasteiger partial charge is 0.340 e. The van der Waals surface area contributed by atoms with E-state index in [1.54, 1.807) is 0 Å². The zero-order chi connectivity index (χ0) is 27.5. The summed E-state index contributed by atoms with van der Waals surface area (Å²) in [6.45, 7) is 3.95.